The second-order valence-corrected chi connectivity index (χ2v) is 5.53. The van der Waals surface area contributed by atoms with Crippen molar-refractivity contribution >= 4 is 5.69 Å². The highest BCUT2D eigenvalue weighted by molar-refractivity contribution is 5.50. The molecule has 0 amide bonds. The molecule has 94 valence electrons. The highest BCUT2D eigenvalue weighted by Crippen LogP contribution is 2.36. The molecule has 1 heterocycles. The Balaban J connectivity index is 2.20. The van der Waals surface area contributed by atoms with Crippen LogP contribution in [0.4, 0.5) is 10.1 Å². The maximum absolute atomic E-state index is 13.3. The Morgan fingerprint density at radius 2 is 2.24 bits per heavy atom. The fourth-order valence-electron chi connectivity index (χ4n) is 2.91. The summed E-state index contributed by atoms with van der Waals surface area (Å²) in [7, 11) is 1.98. The van der Waals surface area contributed by atoms with Gasteiger partial charge in [-0.25, -0.2) is 4.39 Å². The molecule has 0 bridgehead atoms. The van der Waals surface area contributed by atoms with Crippen LogP contribution in [0.15, 0.2) is 24.3 Å². The first kappa shape index (κ1) is 12.4. The fraction of sp³-hybridized carbons (Fsp3) is 0.571. The molecule has 1 unspecified atom stereocenters. The van der Waals surface area contributed by atoms with Gasteiger partial charge >= 0.3 is 0 Å². The molecule has 1 aromatic rings. The topological polar surface area (TPSA) is 15.3 Å². The highest BCUT2D eigenvalue weighted by Gasteiger charge is 2.37. The van der Waals surface area contributed by atoms with Crippen LogP contribution in [0.5, 0.6) is 0 Å². The van der Waals surface area contributed by atoms with Crippen LogP contribution < -0.4 is 10.2 Å². The van der Waals surface area contributed by atoms with E-state index in [0.717, 1.165) is 25.2 Å². The number of hydrogen-bond donors (Lipinski definition) is 1. The lowest BCUT2D eigenvalue weighted by Crippen LogP contribution is -2.38. The molecular weight excluding hydrogens is 215 g/mol. The molecule has 0 saturated carbocycles. The number of anilines is 1. The van der Waals surface area contributed by atoms with Crippen LogP contribution in [-0.2, 0) is 0 Å². The minimum absolute atomic E-state index is 0.106. The number of hydrogen-bond acceptors (Lipinski definition) is 2. The van der Waals surface area contributed by atoms with E-state index in [0.29, 0.717) is 5.92 Å². The predicted octanol–water partition coefficient (Wildman–Crippen LogP) is 2.65. The summed E-state index contributed by atoms with van der Waals surface area (Å²) in [5, 5.41) is 3.23. The molecule has 1 aromatic carbocycles. The molecule has 0 aliphatic carbocycles. The fourth-order valence-corrected chi connectivity index (χ4v) is 2.91. The third kappa shape index (κ3) is 2.60. The molecule has 1 saturated heterocycles. The normalized spacial score (nSPS) is 23.1. The molecule has 0 radical (unpaired) electrons. The van der Waals surface area contributed by atoms with Gasteiger partial charge in [0.05, 0.1) is 0 Å². The molecule has 1 aliphatic rings. The molecule has 0 spiro atoms. The number of nitrogens with one attached hydrogen (secondary N) is 1. The van der Waals surface area contributed by atoms with Crippen LogP contribution >= 0.6 is 0 Å². The molecule has 0 aromatic heterocycles. The maximum Gasteiger partial charge on any atom is 0.125 e. The van der Waals surface area contributed by atoms with Gasteiger partial charge in [0, 0.05) is 17.8 Å². The smallest absolute Gasteiger partial charge is 0.125 e. The van der Waals surface area contributed by atoms with Crippen LogP contribution in [0.25, 0.3) is 0 Å². The monoisotopic (exact) mass is 236 g/mol. The zero-order valence-corrected chi connectivity index (χ0v) is 10.8. The van der Waals surface area contributed by atoms with Gasteiger partial charge in [-0.05, 0) is 58.0 Å². The lowest BCUT2D eigenvalue weighted by molar-refractivity contribution is 0.461. The van der Waals surface area contributed by atoms with Crippen LogP contribution in [-0.4, -0.2) is 25.7 Å². The summed E-state index contributed by atoms with van der Waals surface area (Å²) in [6, 6.07) is 6.90. The van der Waals surface area contributed by atoms with Crippen LogP contribution in [0, 0.1) is 11.7 Å². The van der Waals surface area contributed by atoms with Gasteiger partial charge in [0.2, 0.25) is 0 Å². The standard InChI is InChI=1S/C14H21FN2/c1-14(2)8-11(9-16-3)10-17(14)13-6-4-5-12(15)7-13/h4-7,11,16H,8-10H2,1-3H3. The van der Waals surface area contributed by atoms with Crippen molar-refractivity contribution in [2.45, 2.75) is 25.8 Å². The molecule has 1 atom stereocenters. The zero-order valence-electron chi connectivity index (χ0n) is 10.8. The first-order chi connectivity index (χ1) is 8.03. The summed E-state index contributed by atoms with van der Waals surface area (Å²) >= 11 is 0. The lowest BCUT2D eigenvalue weighted by Gasteiger charge is -2.33. The van der Waals surface area contributed by atoms with E-state index < -0.39 is 0 Å². The van der Waals surface area contributed by atoms with Gasteiger partial charge in [0.25, 0.3) is 0 Å². The van der Waals surface area contributed by atoms with Gasteiger partial charge < -0.3 is 10.2 Å². The summed E-state index contributed by atoms with van der Waals surface area (Å²) in [6.07, 6.45) is 1.14. The Hall–Kier alpha value is -1.09. The van der Waals surface area contributed by atoms with Gasteiger partial charge in [-0.3, -0.25) is 0 Å². The Morgan fingerprint density at radius 1 is 1.47 bits per heavy atom. The van der Waals surface area contributed by atoms with Crippen molar-refractivity contribution in [2.75, 3.05) is 25.0 Å². The second-order valence-electron chi connectivity index (χ2n) is 5.53. The third-order valence-corrected chi connectivity index (χ3v) is 3.57. The SMILES string of the molecule is CNCC1CN(c2cccc(F)c2)C(C)(C)C1. The quantitative estimate of drug-likeness (QED) is 0.868. The van der Waals surface area contributed by atoms with Gasteiger partial charge in [0.1, 0.15) is 5.82 Å². The van der Waals surface area contributed by atoms with Crippen molar-refractivity contribution in [1.82, 2.24) is 5.32 Å². The molecule has 3 heteroatoms. The van der Waals surface area contributed by atoms with Crippen LogP contribution in [0.2, 0.25) is 0 Å². The molecule has 1 aliphatic heterocycles. The molecule has 1 N–H and O–H groups in total. The van der Waals surface area contributed by atoms with E-state index >= 15 is 0 Å². The molecule has 1 fully saturated rings. The Kier molecular flexibility index (Phi) is 3.38. The average molecular weight is 236 g/mol. The number of benzene rings is 1. The zero-order chi connectivity index (χ0) is 12.5. The van der Waals surface area contributed by atoms with E-state index in [1.54, 1.807) is 12.1 Å². The first-order valence-electron chi connectivity index (χ1n) is 6.21. The summed E-state index contributed by atoms with van der Waals surface area (Å²) < 4.78 is 13.3. The van der Waals surface area contributed by atoms with E-state index in [2.05, 4.69) is 24.1 Å². The van der Waals surface area contributed by atoms with Crippen LogP contribution in [0.3, 0.4) is 0 Å². The second kappa shape index (κ2) is 4.65. The summed E-state index contributed by atoms with van der Waals surface area (Å²) in [5.74, 6) is 0.480. The van der Waals surface area contributed by atoms with Gasteiger partial charge in [-0.2, -0.15) is 0 Å². The van der Waals surface area contributed by atoms with E-state index in [1.165, 1.54) is 6.07 Å². The largest absolute Gasteiger partial charge is 0.366 e. The Bertz CT molecular complexity index is 390. The maximum atomic E-state index is 13.3. The Morgan fingerprint density at radius 3 is 2.88 bits per heavy atom. The van der Waals surface area contributed by atoms with Crippen molar-refractivity contribution in [3.63, 3.8) is 0 Å². The van der Waals surface area contributed by atoms with Gasteiger partial charge in [0.15, 0.2) is 0 Å². The average Bonchev–Trinajstić information content (AvgIpc) is 2.54. The Labute approximate surface area is 103 Å². The molecular formula is C14H21FN2. The van der Waals surface area contributed by atoms with Crippen molar-refractivity contribution in [3.05, 3.63) is 30.1 Å². The summed E-state index contributed by atoms with van der Waals surface area (Å²) in [5.41, 5.74) is 1.10. The minimum Gasteiger partial charge on any atom is -0.366 e. The predicted molar refractivity (Wildman–Crippen MR) is 69.9 cm³/mol. The number of rotatable bonds is 3. The van der Waals surface area contributed by atoms with Crippen molar-refractivity contribution < 1.29 is 4.39 Å². The van der Waals surface area contributed by atoms with Crippen molar-refractivity contribution in [2.24, 2.45) is 5.92 Å². The van der Waals surface area contributed by atoms with Gasteiger partial charge in [-0.1, -0.05) is 6.07 Å². The van der Waals surface area contributed by atoms with Crippen LogP contribution in [0.1, 0.15) is 20.3 Å². The van der Waals surface area contributed by atoms with E-state index in [-0.39, 0.29) is 11.4 Å². The highest BCUT2D eigenvalue weighted by atomic mass is 19.1. The van der Waals surface area contributed by atoms with E-state index in [1.807, 2.05) is 13.1 Å². The summed E-state index contributed by atoms with van der Waals surface area (Å²) in [6.45, 7) is 6.48. The van der Waals surface area contributed by atoms with E-state index in [9.17, 15) is 4.39 Å². The molecule has 17 heavy (non-hydrogen) atoms. The lowest BCUT2D eigenvalue weighted by atomic mass is 9.96. The van der Waals surface area contributed by atoms with Gasteiger partial charge in [-0.15, -0.1) is 0 Å². The summed E-state index contributed by atoms with van der Waals surface area (Å²) in [4.78, 5) is 2.32. The molecule has 2 nitrogen and oxygen atoms in total. The first-order valence-corrected chi connectivity index (χ1v) is 6.21. The number of halogens is 1. The van der Waals surface area contributed by atoms with Crippen molar-refractivity contribution in [3.8, 4) is 0 Å². The van der Waals surface area contributed by atoms with Crippen molar-refractivity contribution in [1.29, 1.82) is 0 Å². The third-order valence-electron chi connectivity index (χ3n) is 3.57. The molecule has 2 rings (SSSR count). The minimum atomic E-state index is -0.157. The number of nitrogens with zero attached hydrogens (tertiary/aromatic N) is 1. The van der Waals surface area contributed by atoms with E-state index in [4.69, 9.17) is 0 Å².